The SMILES string of the molecule is CC[C@H](NC(=O)N1CCC(c2nncn2C)CC1)c1nccs1. The van der Waals surface area contributed by atoms with E-state index in [4.69, 9.17) is 0 Å². The molecule has 1 aliphatic rings. The van der Waals surface area contributed by atoms with Crippen molar-refractivity contribution in [2.45, 2.75) is 38.1 Å². The lowest BCUT2D eigenvalue weighted by Crippen LogP contribution is -2.45. The maximum absolute atomic E-state index is 12.5. The third kappa shape index (κ3) is 3.52. The zero-order valence-electron chi connectivity index (χ0n) is 13.5. The van der Waals surface area contributed by atoms with Crippen LogP contribution in [0.25, 0.3) is 0 Å². The van der Waals surface area contributed by atoms with Gasteiger partial charge in [-0.1, -0.05) is 6.92 Å². The number of hydrogen-bond donors (Lipinski definition) is 1. The van der Waals surface area contributed by atoms with Crippen LogP contribution in [0.1, 0.15) is 49.0 Å². The van der Waals surface area contributed by atoms with Crippen molar-refractivity contribution in [3.8, 4) is 0 Å². The molecule has 0 saturated carbocycles. The van der Waals surface area contributed by atoms with Gasteiger partial charge in [-0.15, -0.1) is 21.5 Å². The van der Waals surface area contributed by atoms with Crippen molar-refractivity contribution in [1.82, 2.24) is 30.0 Å². The Hall–Kier alpha value is -1.96. The first-order chi connectivity index (χ1) is 11.2. The Labute approximate surface area is 139 Å². The number of carbonyl (C=O) groups is 1. The van der Waals surface area contributed by atoms with Gasteiger partial charge in [0.05, 0.1) is 6.04 Å². The Morgan fingerprint density at radius 2 is 2.26 bits per heavy atom. The average Bonchev–Trinajstić information content (AvgIpc) is 3.24. The molecular formula is C15H22N6OS. The van der Waals surface area contributed by atoms with Gasteiger partial charge in [-0.05, 0) is 19.3 Å². The molecule has 2 amide bonds. The van der Waals surface area contributed by atoms with Gasteiger partial charge >= 0.3 is 6.03 Å². The molecule has 1 saturated heterocycles. The summed E-state index contributed by atoms with van der Waals surface area (Å²) in [6, 6.07) is 0.00225. The van der Waals surface area contributed by atoms with E-state index in [9.17, 15) is 4.79 Å². The van der Waals surface area contributed by atoms with Crippen LogP contribution in [0.15, 0.2) is 17.9 Å². The molecule has 1 aliphatic heterocycles. The Balaban J connectivity index is 1.55. The zero-order valence-corrected chi connectivity index (χ0v) is 14.3. The van der Waals surface area contributed by atoms with Crippen molar-refractivity contribution in [3.63, 3.8) is 0 Å². The first-order valence-corrected chi connectivity index (χ1v) is 8.85. The van der Waals surface area contributed by atoms with Gasteiger partial charge in [0.1, 0.15) is 17.2 Å². The van der Waals surface area contributed by atoms with E-state index in [-0.39, 0.29) is 12.1 Å². The quantitative estimate of drug-likeness (QED) is 0.931. The summed E-state index contributed by atoms with van der Waals surface area (Å²) in [7, 11) is 1.97. The van der Waals surface area contributed by atoms with Crippen LogP contribution in [0.3, 0.4) is 0 Å². The van der Waals surface area contributed by atoms with E-state index in [1.165, 1.54) is 0 Å². The van der Waals surface area contributed by atoms with Crippen LogP contribution in [-0.2, 0) is 7.05 Å². The number of aryl methyl sites for hydroxylation is 1. The van der Waals surface area contributed by atoms with Crippen molar-refractivity contribution in [2.75, 3.05) is 13.1 Å². The number of carbonyl (C=O) groups excluding carboxylic acids is 1. The Kier molecular flexibility index (Phi) is 4.90. The highest BCUT2D eigenvalue weighted by Crippen LogP contribution is 2.26. The van der Waals surface area contributed by atoms with Crippen molar-refractivity contribution in [3.05, 3.63) is 28.7 Å². The van der Waals surface area contributed by atoms with Crippen LogP contribution in [0.2, 0.25) is 0 Å². The second-order valence-electron chi connectivity index (χ2n) is 5.84. The monoisotopic (exact) mass is 334 g/mol. The molecule has 0 aliphatic carbocycles. The minimum atomic E-state index is -0.000959. The zero-order chi connectivity index (χ0) is 16.2. The summed E-state index contributed by atoms with van der Waals surface area (Å²) >= 11 is 1.58. The van der Waals surface area contributed by atoms with Crippen molar-refractivity contribution >= 4 is 17.4 Å². The molecule has 8 heteroatoms. The number of nitrogens with zero attached hydrogens (tertiary/aromatic N) is 5. The number of urea groups is 1. The highest BCUT2D eigenvalue weighted by atomic mass is 32.1. The van der Waals surface area contributed by atoms with Crippen LogP contribution < -0.4 is 5.32 Å². The molecule has 0 spiro atoms. The van der Waals surface area contributed by atoms with Gasteiger partial charge in [0.2, 0.25) is 0 Å². The van der Waals surface area contributed by atoms with Gasteiger partial charge in [-0.2, -0.15) is 0 Å². The number of rotatable bonds is 4. The smallest absolute Gasteiger partial charge is 0.317 e. The molecule has 0 unspecified atom stereocenters. The van der Waals surface area contributed by atoms with Crippen molar-refractivity contribution < 1.29 is 4.79 Å². The Morgan fingerprint density at radius 1 is 1.48 bits per heavy atom. The van der Waals surface area contributed by atoms with E-state index in [0.29, 0.717) is 5.92 Å². The third-order valence-corrected chi connectivity index (χ3v) is 5.24. The molecular weight excluding hydrogens is 312 g/mol. The van der Waals surface area contributed by atoms with Crippen LogP contribution >= 0.6 is 11.3 Å². The lowest BCUT2D eigenvalue weighted by molar-refractivity contribution is 0.176. The molecule has 1 fully saturated rings. The molecule has 7 nitrogen and oxygen atoms in total. The normalized spacial score (nSPS) is 17.2. The molecule has 3 heterocycles. The molecule has 124 valence electrons. The number of thiazole rings is 1. The lowest BCUT2D eigenvalue weighted by Gasteiger charge is -2.32. The largest absolute Gasteiger partial charge is 0.329 e. The molecule has 23 heavy (non-hydrogen) atoms. The third-order valence-electron chi connectivity index (χ3n) is 4.35. The number of piperidine rings is 1. The molecule has 0 radical (unpaired) electrons. The molecule has 1 atom stereocenters. The summed E-state index contributed by atoms with van der Waals surface area (Å²) in [5.74, 6) is 1.40. The maximum Gasteiger partial charge on any atom is 0.317 e. The van der Waals surface area contributed by atoms with Crippen LogP contribution in [0.4, 0.5) is 4.79 Å². The number of likely N-dealkylation sites (tertiary alicyclic amines) is 1. The number of amides is 2. The standard InChI is InChI=1S/C15H22N6OS/c1-3-12(14-16-6-9-23-14)18-15(22)21-7-4-11(5-8-21)13-19-17-10-20(13)2/h6,9-12H,3-5,7-8H2,1-2H3,(H,18,22)/t12-/m0/s1. The minimum absolute atomic E-state index is 0.000959. The first-order valence-electron chi connectivity index (χ1n) is 7.97. The predicted octanol–water partition coefficient (Wildman–Crippen LogP) is 2.31. The molecule has 2 aromatic rings. The first kappa shape index (κ1) is 15.9. The fourth-order valence-electron chi connectivity index (χ4n) is 2.99. The van der Waals surface area contributed by atoms with Crippen LogP contribution in [-0.4, -0.2) is 43.8 Å². The van der Waals surface area contributed by atoms with E-state index in [2.05, 4.69) is 27.4 Å². The van der Waals surface area contributed by atoms with Gasteiger partial charge in [-0.3, -0.25) is 0 Å². The summed E-state index contributed by atoms with van der Waals surface area (Å²) in [6.45, 7) is 3.56. The summed E-state index contributed by atoms with van der Waals surface area (Å²) in [5, 5.41) is 14.1. The lowest BCUT2D eigenvalue weighted by atomic mass is 9.96. The second kappa shape index (κ2) is 7.08. The summed E-state index contributed by atoms with van der Waals surface area (Å²) in [6.07, 6.45) is 6.20. The van der Waals surface area contributed by atoms with Crippen LogP contribution in [0.5, 0.6) is 0 Å². The Morgan fingerprint density at radius 3 is 2.83 bits per heavy atom. The van der Waals surface area contributed by atoms with Crippen LogP contribution in [0, 0.1) is 0 Å². The second-order valence-corrected chi connectivity index (χ2v) is 6.77. The molecule has 3 rings (SSSR count). The van der Waals surface area contributed by atoms with Gasteiger partial charge in [0.25, 0.3) is 0 Å². The van der Waals surface area contributed by atoms with Crippen molar-refractivity contribution in [1.29, 1.82) is 0 Å². The average molecular weight is 334 g/mol. The number of nitrogens with one attached hydrogen (secondary N) is 1. The molecule has 2 aromatic heterocycles. The number of aromatic nitrogens is 4. The maximum atomic E-state index is 12.5. The highest BCUT2D eigenvalue weighted by molar-refractivity contribution is 7.09. The van der Waals surface area contributed by atoms with E-state index in [0.717, 1.165) is 43.2 Å². The molecule has 0 aromatic carbocycles. The predicted molar refractivity (Wildman–Crippen MR) is 88.2 cm³/mol. The van der Waals surface area contributed by atoms with Gasteiger partial charge in [0, 0.05) is 37.6 Å². The van der Waals surface area contributed by atoms with Crippen molar-refractivity contribution in [2.24, 2.45) is 7.05 Å². The van der Waals surface area contributed by atoms with E-state index in [1.54, 1.807) is 23.9 Å². The topological polar surface area (TPSA) is 75.9 Å². The Bertz CT molecular complexity index is 632. The highest BCUT2D eigenvalue weighted by Gasteiger charge is 2.27. The van der Waals surface area contributed by atoms with Gasteiger partial charge in [-0.25, -0.2) is 9.78 Å². The summed E-state index contributed by atoms with van der Waals surface area (Å²) in [5.41, 5.74) is 0. The number of hydrogen-bond acceptors (Lipinski definition) is 5. The molecule has 1 N–H and O–H groups in total. The van der Waals surface area contributed by atoms with Gasteiger partial charge in [0.15, 0.2) is 0 Å². The van der Waals surface area contributed by atoms with E-state index in [1.807, 2.05) is 21.9 Å². The molecule has 0 bridgehead atoms. The summed E-state index contributed by atoms with van der Waals surface area (Å²) < 4.78 is 1.97. The van der Waals surface area contributed by atoms with E-state index < -0.39 is 0 Å². The van der Waals surface area contributed by atoms with Gasteiger partial charge < -0.3 is 14.8 Å². The fraction of sp³-hybridized carbons (Fsp3) is 0.600. The minimum Gasteiger partial charge on any atom is -0.329 e. The van der Waals surface area contributed by atoms with E-state index >= 15 is 0 Å². The summed E-state index contributed by atoms with van der Waals surface area (Å²) in [4.78, 5) is 18.7. The fourth-order valence-corrected chi connectivity index (χ4v) is 3.76.